The first-order valence-electron chi connectivity index (χ1n) is 7.70. The van der Waals surface area contributed by atoms with Crippen molar-refractivity contribution in [1.82, 2.24) is 9.97 Å². The normalized spacial score (nSPS) is 15.6. The third-order valence-electron chi connectivity index (χ3n) is 4.24. The number of thiophene rings is 1. The molecule has 0 saturated heterocycles. The quantitative estimate of drug-likeness (QED) is 0.938. The van der Waals surface area contributed by atoms with E-state index in [1.54, 1.807) is 18.3 Å². The van der Waals surface area contributed by atoms with Crippen molar-refractivity contribution in [3.8, 4) is 0 Å². The zero-order valence-corrected chi connectivity index (χ0v) is 14.0. The molecule has 22 heavy (non-hydrogen) atoms. The van der Waals surface area contributed by atoms with Crippen molar-refractivity contribution in [1.29, 1.82) is 0 Å². The van der Waals surface area contributed by atoms with Gasteiger partial charge in [-0.2, -0.15) is 0 Å². The number of anilines is 1. The van der Waals surface area contributed by atoms with Gasteiger partial charge >= 0.3 is 5.97 Å². The number of carboxylic acid groups (broad SMARTS) is 1. The zero-order chi connectivity index (χ0) is 15.9. The van der Waals surface area contributed by atoms with Crippen LogP contribution in [0.2, 0.25) is 0 Å². The number of rotatable bonds is 4. The van der Waals surface area contributed by atoms with Crippen molar-refractivity contribution in [2.75, 3.05) is 18.5 Å². The lowest BCUT2D eigenvalue weighted by atomic mass is 9.97. The van der Waals surface area contributed by atoms with Crippen LogP contribution in [-0.2, 0) is 17.6 Å². The van der Waals surface area contributed by atoms with E-state index in [1.165, 1.54) is 23.3 Å². The van der Waals surface area contributed by atoms with E-state index in [4.69, 9.17) is 5.11 Å². The Hall–Kier alpha value is -1.69. The van der Waals surface area contributed by atoms with Gasteiger partial charge in [-0.25, -0.2) is 9.97 Å². The van der Waals surface area contributed by atoms with Crippen molar-refractivity contribution in [3.05, 3.63) is 16.3 Å². The summed E-state index contributed by atoms with van der Waals surface area (Å²) in [6.45, 7) is 4.08. The van der Waals surface area contributed by atoms with Crippen LogP contribution in [0.1, 0.15) is 36.0 Å². The molecule has 0 radical (unpaired) electrons. The van der Waals surface area contributed by atoms with Crippen LogP contribution in [0.3, 0.4) is 0 Å². The summed E-state index contributed by atoms with van der Waals surface area (Å²) in [7, 11) is 1.92. The lowest BCUT2D eigenvalue weighted by molar-refractivity contribution is -0.140. The highest BCUT2D eigenvalue weighted by atomic mass is 32.1. The molecule has 0 bridgehead atoms. The van der Waals surface area contributed by atoms with E-state index >= 15 is 0 Å². The van der Waals surface area contributed by atoms with E-state index in [2.05, 4.69) is 9.97 Å². The average Bonchev–Trinajstić information content (AvgIpc) is 2.83. The summed E-state index contributed by atoms with van der Waals surface area (Å²) in [5, 5.41) is 10.3. The van der Waals surface area contributed by atoms with E-state index in [-0.39, 0.29) is 0 Å². The number of nitrogens with zero attached hydrogens (tertiary/aromatic N) is 3. The topological polar surface area (TPSA) is 66.3 Å². The highest BCUT2D eigenvalue weighted by molar-refractivity contribution is 7.19. The molecule has 1 N–H and O–H groups in total. The van der Waals surface area contributed by atoms with Gasteiger partial charge in [0.15, 0.2) is 0 Å². The van der Waals surface area contributed by atoms with Gasteiger partial charge in [-0.3, -0.25) is 4.79 Å². The summed E-state index contributed by atoms with van der Waals surface area (Å²) in [6, 6.07) is 0. The fourth-order valence-electron chi connectivity index (χ4n) is 3.09. The first-order chi connectivity index (χ1) is 10.5. The number of carbonyl (C=O) groups is 1. The predicted octanol–water partition coefficient (Wildman–Crippen LogP) is 3.04. The zero-order valence-electron chi connectivity index (χ0n) is 13.2. The van der Waals surface area contributed by atoms with Crippen molar-refractivity contribution >= 4 is 33.3 Å². The molecule has 1 aliphatic carbocycles. The highest BCUT2D eigenvalue weighted by Gasteiger charge is 2.23. The maximum atomic E-state index is 11.1. The second kappa shape index (κ2) is 5.83. The maximum absolute atomic E-state index is 11.1. The Labute approximate surface area is 134 Å². The molecule has 0 fully saturated rings. The molecule has 0 amide bonds. The first kappa shape index (κ1) is 15.2. The third-order valence-corrected chi connectivity index (χ3v) is 5.42. The number of aromatic nitrogens is 2. The van der Waals surface area contributed by atoms with Gasteiger partial charge < -0.3 is 10.0 Å². The number of hydrogen-bond donors (Lipinski definition) is 1. The molecule has 3 rings (SSSR count). The Balaban J connectivity index is 2.07. The van der Waals surface area contributed by atoms with E-state index < -0.39 is 11.9 Å². The highest BCUT2D eigenvalue weighted by Crippen LogP contribution is 2.39. The van der Waals surface area contributed by atoms with E-state index in [0.29, 0.717) is 6.54 Å². The molecule has 0 spiro atoms. The number of aryl methyl sites for hydroxylation is 3. The molecule has 2 aromatic rings. The van der Waals surface area contributed by atoms with Gasteiger partial charge in [-0.05, 0) is 38.2 Å². The van der Waals surface area contributed by atoms with Crippen LogP contribution in [0, 0.1) is 12.8 Å². The summed E-state index contributed by atoms with van der Waals surface area (Å²) in [5.74, 6) is 0.428. The first-order valence-corrected chi connectivity index (χ1v) is 8.52. The van der Waals surface area contributed by atoms with Crippen LogP contribution in [0.15, 0.2) is 0 Å². The molecule has 1 aliphatic rings. The minimum atomic E-state index is -0.777. The van der Waals surface area contributed by atoms with Crippen LogP contribution in [0.4, 0.5) is 5.82 Å². The fraction of sp³-hybridized carbons (Fsp3) is 0.562. The van der Waals surface area contributed by atoms with Crippen molar-refractivity contribution in [2.45, 2.75) is 39.5 Å². The monoisotopic (exact) mass is 319 g/mol. The van der Waals surface area contributed by atoms with Gasteiger partial charge in [-0.1, -0.05) is 6.92 Å². The molecule has 1 unspecified atom stereocenters. The molecular weight excluding hydrogens is 298 g/mol. The predicted molar refractivity (Wildman–Crippen MR) is 88.9 cm³/mol. The molecule has 118 valence electrons. The maximum Gasteiger partial charge on any atom is 0.308 e. The Bertz CT molecular complexity index is 726. The minimum absolute atomic E-state index is 0.426. The van der Waals surface area contributed by atoms with Crippen molar-refractivity contribution in [3.63, 3.8) is 0 Å². The number of aliphatic carboxylic acids is 1. The van der Waals surface area contributed by atoms with Crippen LogP contribution >= 0.6 is 11.3 Å². The Morgan fingerprint density at radius 2 is 2.09 bits per heavy atom. The lowest BCUT2D eigenvalue weighted by Crippen LogP contribution is -2.29. The van der Waals surface area contributed by atoms with Gasteiger partial charge in [0.25, 0.3) is 0 Å². The second-order valence-corrected chi connectivity index (χ2v) is 7.19. The van der Waals surface area contributed by atoms with E-state index in [0.717, 1.165) is 34.7 Å². The molecular formula is C16H21N3O2S. The number of carboxylic acids is 1. The molecule has 1 atom stereocenters. The standard InChI is InChI=1S/C16H21N3O2S/c1-9(16(20)21)8-19(3)14-13-11-6-4-5-7-12(11)22-15(13)18-10(2)17-14/h9H,4-8H2,1-3H3,(H,20,21). The second-order valence-electron chi connectivity index (χ2n) is 6.11. The summed E-state index contributed by atoms with van der Waals surface area (Å²) >= 11 is 1.78. The molecule has 0 aromatic carbocycles. The van der Waals surface area contributed by atoms with E-state index in [9.17, 15) is 4.79 Å². The SMILES string of the molecule is Cc1nc(N(C)CC(C)C(=O)O)c2c3c(sc2n1)CCCC3. The summed E-state index contributed by atoms with van der Waals surface area (Å²) in [5.41, 5.74) is 1.39. The van der Waals surface area contributed by atoms with Crippen molar-refractivity contribution < 1.29 is 9.90 Å². The van der Waals surface area contributed by atoms with Crippen LogP contribution in [0.25, 0.3) is 10.2 Å². The Morgan fingerprint density at radius 3 is 2.82 bits per heavy atom. The van der Waals surface area contributed by atoms with Gasteiger partial charge in [0.05, 0.1) is 11.3 Å². The Kier molecular flexibility index (Phi) is 4.04. The minimum Gasteiger partial charge on any atom is -0.481 e. The van der Waals surface area contributed by atoms with E-state index in [1.807, 2.05) is 18.9 Å². The summed E-state index contributed by atoms with van der Waals surface area (Å²) < 4.78 is 0. The molecule has 2 aromatic heterocycles. The van der Waals surface area contributed by atoms with Gasteiger partial charge in [-0.15, -0.1) is 11.3 Å². The van der Waals surface area contributed by atoms with Gasteiger partial charge in [0.2, 0.25) is 0 Å². The number of hydrogen-bond acceptors (Lipinski definition) is 5. The molecule has 2 heterocycles. The third kappa shape index (κ3) is 2.67. The lowest BCUT2D eigenvalue weighted by Gasteiger charge is -2.22. The molecule has 0 saturated carbocycles. The largest absolute Gasteiger partial charge is 0.481 e. The molecule has 6 heteroatoms. The van der Waals surface area contributed by atoms with Gasteiger partial charge in [0.1, 0.15) is 16.5 Å². The molecule has 0 aliphatic heterocycles. The number of fused-ring (bicyclic) bond motifs is 3. The van der Waals surface area contributed by atoms with Crippen LogP contribution in [0.5, 0.6) is 0 Å². The summed E-state index contributed by atoms with van der Waals surface area (Å²) in [4.78, 5) is 24.8. The van der Waals surface area contributed by atoms with Crippen LogP contribution < -0.4 is 4.90 Å². The fourth-order valence-corrected chi connectivity index (χ4v) is 4.39. The smallest absolute Gasteiger partial charge is 0.308 e. The van der Waals surface area contributed by atoms with Crippen LogP contribution in [-0.4, -0.2) is 34.6 Å². The van der Waals surface area contributed by atoms with Gasteiger partial charge in [0, 0.05) is 18.5 Å². The molecule has 5 nitrogen and oxygen atoms in total. The van der Waals surface area contributed by atoms with Crippen molar-refractivity contribution in [2.24, 2.45) is 5.92 Å². The summed E-state index contributed by atoms with van der Waals surface area (Å²) in [6.07, 6.45) is 4.66. The average molecular weight is 319 g/mol. The Morgan fingerprint density at radius 1 is 1.36 bits per heavy atom.